The van der Waals surface area contributed by atoms with Gasteiger partial charge in [-0.15, -0.1) is 11.3 Å². The first-order valence-corrected chi connectivity index (χ1v) is 17.5. The Morgan fingerprint density at radius 3 is 2.73 bits per heavy atom. The van der Waals surface area contributed by atoms with Crippen LogP contribution in [0.25, 0.3) is 32.1 Å². The molecule has 16 heteroatoms. The van der Waals surface area contributed by atoms with Gasteiger partial charge in [-0.25, -0.2) is 13.8 Å². The van der Waals surface area contributed by atoms with Crippen LogP contribution in [-0.2, 0) is 4.84 Å². The zero-order valence-electron chi connectivity index (χ0n) is 28.0. The molecule has 12 nitrogen and oxygen atoms in total. The van der Waals surface area contributed by atoms with Crippen LogP contribution >= 0.6 is 22.9 Å². The minimum absolute atomic E-state index is 0.0341. The number of thiophene rings is 1. The second kappa shape index (κ2) is 13.9. The molecule has 51 heavy (non-hydrogen) atoms. The van der Waals surface area contributed by atoms with E-state index >= 15 is 4.39 Å². The maximum atomic E-state index is 16.6. The molecular formula is C35H34ClF2N9O3S. The Labute approximate surface area is 301 Å². The summed E-state index contributed by atoms with van der Waals surface area (Å²) in [6.45, 7) is 4.72. The fraction of sp³-hybridized carbons (Fsp3) is 0.343. The summed E-state index contributed by atoms with van der Waals surface area (Å²) in [5.74, 6) is -0.570. The number of aromatic nitrogens is 3. The fourth-order valence-corrected chi connectivity index (χ4v) is 8.48. The molecule has 5 aromatic rings. The van der Waals surface area contributed by atoms with Gasteiger partial charge in [-0.05, 0) is 44.0 Å². The van der Waals surface area contributed by atoms with Crippen molar-refractivity contribution in [3.05, 3.63) is 58.2 Å². The van der Waals surface area contributed by atoms with Gasteiger partial charge in [0.15, 0.2) is 11.6 Å². The van der Waals surface area contributed by atoms with Gasteiger partial charge in [0.05, 0.1) is 46.1 Å². The molecule has 6 heterocycles. The van der Waals surface area contributed by atoms with Gasteiger partial charge in [-0.2, -0.15) is 15.2 Å². The van der Waals surface area contributed by atoms with E-state index in [0.717, 1.165) is 35.9 Å². The van der Waals surface area contributed by atoms with Crippen molar-refractivity contribution in [3.8, 4) is 29.0 Å². The zero-order chi connectivity index (χ0) is 36.0. The van der Waals surface area contributed by atoms with Crippen molar-refractivity contribution in [2.24, 2.45) is 5.16 Å². The predicted octanol–water partition coefficient (Wildman–Crippen LogP) is 6.70. The van der Waals surface area contributed by atoms with Gasteiger partial charge in [0, 0.05) is 41.7 Å². The van der Waals surface area contributed by atoms with Crippen LogP contribution < -0.4 is 25.8 Å². The van der Waals surface area contributed by atoms with E-state index in [4.69, 9.17) is 37.4 Å². The summed E-state index contributed by atoms with van der Waals surface area (Å²) >= 11 is 7.79. The third-order valence-electron chi connectivity index (χ3n) is 9.54. The summed E-state index contributed by atoms with van der Waals surface area (Å²) in [7, 11) is 3.00. The number of nitrogen functional groups attached to an aromatic ring is 2. The highest BCUT2D eigenvalue weighted by molar-refractivity contribution is 7.23. The average molecular weight is 734 g/mol. The van der Waals surface area contributed by atoms with Gasteiger partial charge in [-0.1, -0.05) is 28.9 Å². The topological polar surface area (TPSA) is 161 Å². The number of rotatable bonds is 5. The molecule has 4 N–H and O–H groups in total. The van der Waals surface area contributed by atoms with E-state index < -0.39 is 11.6 Å². The minimum atomic E-state index is -0.814. The van der Waals surface area contributed by atoms with E-state index in [1.807, 2.05) is 24.0 Å². The van der Waals surface area contributed by atoms with Gasteiger partial charge in [0.1, 0.15) is 47.8 Å². The molecule has 0 spiro atoms. The first kappa shape index (κ1) is 34.4. The van der Waals surface area contributed by atoms with E-state index in [1.54, 1.807) is 19.4 Å². The molecular weight excluding hydrogens is 700 g/mol. The molecule has 0 saturated carbocycles. The van der Waals surface area contributed by atoms with E-state index in [2.05, 4.69) is 25.0 Å². The molecule has 0 radical (unpaired) electrons. The third-order valence-corrected chi connectivity index (χ3v) is 10.9. The predicted molar refractivity (Wildman–Crippen MR) is 195 cm³/mol. The lowest BCUT2D eigenvalue weighted by molar-refractivity contribution is 0.212. The Balaban J connectivity index is 0.000000313. The van der Waals surface area contributed by atoms with E-state index in [9.17, 15) is 9.65 Å². The number of halogens is 3. The molecule has 2 saturated heterocycles. The third kappa shape index (κ3) is 5.96. The summed E-state index contributed by atoms with van der Waals surface area (Å²) in [5, 5.41) is 14.2. The number of ether oxygens (including phenoxy) is 2. The van der Waals surface area contributed by atoms with E-state index in [1.165, 1.54) is 44.3 Å². The Kier molecular flexibility index (Phi) is 9.40. The Hall–Kier alpha value is -5.04. The summed E-state index contributed by atoms with van der Waals surface area (Å²) in [6, 6.07) is 8.54. The summed E-state index contributed by atoms with van der Waals surface area (Å²) < 4.78 is 43.0. The first-order valence-electron chi connectivity index (χ1n) is 16.3. The molecule has 2 aromatic carbocycles. The average Bonchev–Trinajstić information content (AvgIpc) is 3.78. The standard InChI is InChI=1S/C27H20ClF2N7O2S.C8H14N2O/c1-11(12-4-3-7-34-24(12)32)37-8-9-39-22-18-21(35-27(38-2)36-26(18)37)20(30)17(19(22)28)13-5-6-15(29)23-16(13)14(10-31)25(33)40-23;1-11-9-7-5-8-3-2-4-10(8)6-7/h3-7,11H,8-9,33H2,1-2H3,(H2,32,34);8H,2-6H2,1H3/b;9-7-/t11-;/m1./s1. The van der Waals surface area contributed by atoms with Gasteiger partial charge < -0.3 is 30.7 Å². The molecule has 264 valence electrons. The van der Waals surface area contributed by atoms with E-state index in [-0.39, 0.29) is 72.1 Å². The molecule has 8 rings (SSSR count). The molecule has 2 fully saturated rings. The monoisotopic (exact) mass is 733 g/mol. The minimum Gasteiger partial charge on any atom is -0.489 e. The lowest BCUT2D eigenvalue weighted by Gasteiger charge is -2.30. The lowest BCUT2D eigenvalue weighted by Crippen LogP contribution is -2.31. The molecule has 0 aliphatic carbocycles. The number of hydrogen-bond acceptors (Lipinski definition) is 13. The van der Waals surface area contributed by atoms with Crippen molar-refractivity contribution < 1.29 is 23.1 Å². The first-order chi connectivity index (χ1) is 24.7. The number of nitrogens with two attached hydrogens (primary N) is 2. The molecule has 3 aromatic heterocycles. The number of fused-ring (bicyclic) bond motifs is 2. The number of oxime groups is 1. The number of nitrogens with zero attached hydrogens (tertiary/aromatic N) is 7. The van der Waals surface area contributed by atoms with E-state index in [0.29, 0.717) is 18.2 Å². The summed E-state index contributed by atoms with van der Waals surface area (Å²) in [5.41, 5.74) is 14.1. The number of anilines is 3. The van der Waals surface area contributed by atoms with Crippen molar-refractivity contribution in [1.82, 2.24) is 19.9 Å². The Bertz CT molecular complexity index is 2230. The van der Waals surface area contributed by atoms with Crippen molar-refractivity contribution in [3.63, 3.8) is 0 Å². The van der Waals surface area contributed by atoms with Crippen LogP contribution in [0.2, 0.25) is 5.02 Å². The quantitative estimate of drug-likeness (QED) is 0.185. The largest absolute Gasteiger partial charge is 0.489 e. The second-order valence-electron chi connectivity index (χ2n) is 12.3. The highest BCUT2D eigenvalue weighted by atomic mass is 35.5. The van der Waals surface area contributed by atoms with Crippen LogP contribution in [0.3, 0.4) is 0 Å². The van der Waals surface area contributed by atoms with Crippen LogP contribution in [0.4, 0.5) is 25.4 Å². The molecule has 0 bridgehead atoms. The van der Waals surface area contributed by atoms with Crippen molar-refractivity contribution in [1.29, 1.82) is 5.26 Å². The number of nitriles is 1. The van der Waals surface area contributed by atoms with Crippen molar-refractivity contribution >= 4 is 66.3 Å². The number of pyridine rings is 1. The Morgan fingerprint density at radius 1 is 1.18 bits per heavy atom. The molecule has 2 atom stereocenters. The smallest absolute Gasteiger partial charge is 0.318 e. The highest BCUT2D eigenvalue weighted by Crippen LogP contribution is 2.51. The maximum Gasteiger partial charge on any atom is 0.318 e. The molecule has 1 unspecified atom stereocenters. The maximum absolute atomic E-state index is 16.6. The van der Waals surface area contributed by atoms with Crippen LogP contribution in [0.5, 0.6) is 11.8 Å². The van der Waals surface area contributed by atoms with Crippen LogP contribution in [0, 0.1) is 23.0 Å². The lowest BCUT2D eigenvalue weighted by atomic mass is 9.96. The Morgan fingerprint density at radius 2 is 2.00 bits per heavy atom. The number of benzene rings is 2. The number of methoxy groups -OCH3 is 1. The van der Waals surface area contributed by atoms with Crippen molar-refractivity contribution in [2.75, 3.05) is 56.8 Å². The normalized spacial score (nSPS) is 18.2. The molecule has 0 amide bonds. The van der Waals surface area contributed by atoms with Crippen molar-refractivity contribution in [2.45, 2.75) is 38.3 Å². The number of hydrogen-bond donors (Lipinski definition) is 2. The summed E-state index contributed by atoms with van der Waals surface area (Å²) in [4.78, 5) is 22.2. The van der Waals surface area contributed by atoms with Crippen LogP contribution in [-0.4, -0.2) is 72.1 Å². The zero-order valence-corrected chi connectivity index (χ0v) is 29.6. The van der Waals surface area contributed by atoms with Gasteiger partial charge in [-0.3, -0.25) is 4.90 Å². The van der Waals surface area contributed by atoms with Crippen LogP contribution in [0.15, 0.2) is 35.6 Å². The molecule has 3 aliphatic rings. The highest BCUT2D eigenvalue weighted by Gasteiger charge is 2.34. The van der Waals surface area contributed by atoms with Gasteiger partial charge >= 0.3 is 6.01 Å². The molecule has 3 aliphatic heterocycles. The summed E-state index contributed by atoms with van der Waals surface area (Å²) in [6.07, 6.45) is 5.45. The second-order valence-corrected chi connectivity index (χ2v) is 13.8. The fourth-order valence-electron chi connectivity index (χ4n) is 7.20. The van der Waals surface area contributed by atoms with Crippen LogP contribution in [0.1, 0.15) is 43.4 Å². The van der Waals surface area contributed by atoms with Gasteiger partial charge in [0.25, 0.3) is 0 Å². The SMILES string of the molecule is CO/N=C1/CC2CCCN2C1.COc1nc2c3c(c(Cl)c(-c4ccc(F)c5sc(N)c(C#N)c45)c(F)c3n1)OCCN2[C@H](C)c1cccnc1N. The van der Waals surface area contributed by atoms with Gasteiger partial charge in [0.2, 0.25) is 0 Å².